The first-order valence-electron chi connectivity index (χ1n) is 39.6. The van der Waals surface area contributed by atoms with Crippen molar-refractivity contribution in [3.63, 3.8) is 0 Å². The van der Waals surface area contributed by atoms with Gasteiger partial charge in [-0.2, -0.15) is 0 Å². The molecule has 0 aliphatic heterocycles. The molecule has 2 atom stereocenters. The summed E-state index contributed by atoms with van der Waals surface area (Å²) in [6.07, 6.45) is 97.0. The Bertz CT molecular complexity index is 1350. The maximum absolute atomic E-state index is 12.6. The van der Waals surface area contributed by atoms with Crippen molar-refractivity contribution in [1.29, 1.82) is 0 Å². The summed E-state index contributed by atoms with van der Waals surface area (Å²) < 4.78 is 5.48. The summed E-state index contributed by atoms with van der Waals surface area (Å²) in [5, 5.41) is 23.5. The normalized spacial score (nSPS) is 12.6. The standard InChI is InChI=1S/C80H155NO5/c1-3-5-7-9-11-13-15-17-18-19-20-21-22-31-34-37-40-43-46-49-52-56-60-64-68-72-78(83)77(76-82)81-79(84)73-69-65-61-57-53-50-47-44-41-38-35-32-29-27-25-23-24-26-28-30-33-36-39-42-45-48-51-55-59-63-67-71-75-86-80(85)74-70-66-62-58-54-16-14-12-10-8-6-4-2/h12,14,26,28,77-78,82-83H,3-11,13,15-25,27,29-76H2,1-2H3,(H,81,84)/b14-12-,28-26-. The molecular formula is C80H155NO5. The zero-order valence-electron chi connectivity index (χ0n) is 58.6. The summed E-state index contributed by atoms with van der Waals surface area (Å²) in [6, 6.07) is -0.541. The number of amides is 1. The van der Waals surface area contributed by atoms with Crippen molar-refractivity contribution in [2.75, 3.05) is 13.2 Å². The van der Waals surface area contributed by atoms with E-state index in [2.05, 4.69) is 43.5 Å². The van der Waals surface area contributed by atoms with Crippen LogP contribution in [-0.2, 0) is 14.3 Å². The molecule has 6 heteroatoms. The number of allylic oxidation sites excluding steroid dienone is 4. The average Bonchev–Trinajstić information content (AvgIpc) is 3.54. The van der Waals surface area contributed by atoms with E-state index in [1.54, 1.807) is 0 Å². The van der Waals surface area contributed by atoms with Gasteiger partial charge in [0.15, 0.2) is 0 Å². The molecule has 86 heavy (non-hydrogen) atoms. The molecule has 3 N–H and O–H groups in total. The summed E-state index contributed by atoms with van der Waals surface area (Å²) >= 11 is 0. The Labute approximate surface area is 539 Å². The second-order valence-electron chi connectivity index (χ2n) is 27.4. The second kappa shape index (κ2) is 75.8. The predicted octanol–water partition coefficient (Wildman–Crippen LogP) is 26.0. The van der Waals surface area contributed by atoms with Gasteiger partial charge in [0, 0.05) is 12.8 Å². The lowest BCUT2D eigenvalue weighted by Crippen LogP contribution is -2.45. The van der Waals surface area contributed by atoms with Gasteiger partial charge in [-0.15, -0.1) is 0 Å². The molecule has 0 radical (unpaired) electrons. The summed E-state index contributed by atoms with van der Waals surface area (Å²) in [4.78, 5) is 24.6. The number of aliphatic hydroxyl groups is 2. The fraction of sp³-hybridized carbons (Fsp3) is 0.925. The number of carbonyl (C=O) groups excluding carboxylic acids is 2. The molecule has 0 saturated carbocycles. The highest BCUT2D eigenvalue weighted by Crippen LogP contribution is 2.20. The van der Waals surface area contributed by atoms with Gasteiger partial charge in [-0.1, -0.05) is 385 Å². The topological polar surface area (TPSA) is 95.9 Å². The third kappa shape index (κ3) is 71.4. The Morgan fingerprint density at radius 2 is 0.547 bits per heavy atom. The van der Waals surface area contributed by atoms with Crippen molar-refractivity contribution >= 4 is 11.9 Å². The molecule has 0 aromatic heterocycles. The molecule has 0 heterocycles. The van der Waals surface area contributed by atoms with E-state index in [1.165, 1.54) is 372 Å². The molecule has 0 aliphatic rings. The predicted molar refractivity (Wildman–Crippen MR) is 380 cm³/mol. The third-order valence-electron chi connectivity index (χ3n) is 18.7. The minimum Gasteiger partial charge on any atom is -0.466 e. The van der Waals surface area contributed by atoms with Crippen LogP contribution >= 0.6 is 0 Å². The lowest BCUT2D eigenvalue weighted by atomic mass is 10.0. The summed E-state index contributed by atoms with van der Waals surface area (Å²) in [5.74, 6) is -0.0175. The maximum Gasteiger partial charge on any atom is 0.305 e. The number of ether oxygens (including phenoxy) is 1. The highest BCUT2D eigenvalue weighted by molar-refractivity contribution is 5.76. The number of esters is 1. The van der Waals surface area contributed by atoms with Crippen molar-refractivity contribution < 1.29 is 24.5 Å². The molecule has 0 aliphatic carbocycles. The van der Waals surface area contributed by atoms with Crippen molar-refractivity contribution in [2.24, 2.45) is 0 Å². The summed E-state index contributed by atoms with van der Waals surface area (Å²) in [6.45, 7) is 4.98. The molecule has 0 saturated heterocycles. The third-order valence-corrected chi connectivity index (χ3v) is 18.7. The van der Waals surface area contributed by atoms with Crippen LogP contribution in [0.5, 0.6) is 0 Å². The Hall–Kier alpha value is -1.66. The Kier molecular flexibility index (Phi) is 74.3. The lowest BCUT2D eigenvalue weighted by molar-refractivity contribution is -0.143. The van der Waals surface area contributed by atoms with E-state index >= 15 is 0 Å². The quantitative estimate of drug-likeness (QED) is 0.0320. The Morgan fingerprint density at radius 1 is 0.314 bits per heavy atom. The van der Waals surface area contributed by atoms with Crippen LogP contribution in [0.25, 0.3) is 0 Å². The molecule has 0 aromatic rings. The minimum atomic E-state index is -0.664. The number of aliphatic hydroxyl groups excluding tert-OH is 2. The van der Waals surface area contributed by atoms with E-state index in [1.807, 2.05) is 0 Å². The Morgan fingerprint density at radius 3 is 0.849 bits per heavy atom. The first-order chi connectivity index (χ1) is 42.5. The van der Waals surface area contributed by atoms with Crippen molar-refractivity contribution in [2.45, 2.75) is 463 Å². The van der Waals surface area contributed by atoms with Crippen LogP contribution in [0, 0.1) is 0 Å². The van der Waals surface area contributed by atoms with Crippen molar-refractivity contribution in [3.8, 4) is 0 Å². The molecular weight excluding hydrogens is 1050 g/mol. The van der Waals surface area contributed by atoms with Crippen LogP contribution in [-0.4, -0.2) is 47.4 Å². The van der Waals surface area contributed by atoms with Crippen LogP contribution in [0.4, 0.5) is 0 Å². The molecule has 1 amide bonds. The molecule has 0 spiro atoms. The number of nitrogens with one attached hydrogen (secondary N) is 1. The van der Waals surface area contributed by atoms with E-state index in [9.17, 15) is 19.8 Å². The van der Waals surface area contributed by atoms with Gasteiger partial charge in [0.25, 0.3) is 0 Å². The maximum atomic E-state index is 12.6. The number of hydrogen-bond donors (Lipinski definition) is 3. The zero-order valence-corrected chi connectivity index (χ0v) is 58.6. The molecule has 6 nitrogen and oxygen atoms in total. The van der Waals surface area contributed by atoms with Crippen LogP contribution in [0.2, 0.25) is 0 Å². The average molecular weight is 1210 g/mol. The van der Waals surface area contributed by atoms with Crippen molar-refractivity contribution in [1.82, 2.24) is 5.32 Å². The van der Waals surface area contributed by atoms with Gasteiger partial charge in [-0.25, -0.2) is 0 Å². The molecule has 0 bridgehead atoms. The first kappa shape index (κ1) is 84.3. The highest BCUT2D eigenvalue weighted by Gasteiger charge is 2.20. The van der Waals surface area contributed by atoms with E-state index in [-0.39, 0.29) is 18.5 Å². The lowest BCUT2D eigenvalue weighted by Gasteiger charge is -2.22. The van der Waals surface area contributed by atoms with E-state index in [4.69, 9.17) is 4.74 Å². The fourth-order valence-corrected chi connectivity index (χ4v) is 12.7. The number of carbonyl (C=O) groups is 2. The van der Waals surface area contributed by atoms with E-state index in [0.29, 0.717) is 25.9 Å². The van der Waals surface area contributed by atoms with Gasteiger partial charge in [0.05, 0.1) is 25.4 Å². The summed E-state index contributed by atoms with van der Waals surface area (Å²) in [7, 11) is 0. The molecule has 0 fully saturated rings. The number of rotatable bonds is 75. The molecule has 0 rings (SSSR count). The van der Waals surface area contributed by atoms with Crippen LogP contribution in [0.15, 0.2) is 24.3 Å². The number of hydrogen-bond acceptors (Lipinski definition) is 5. The Balaban J connectivity index is 3.36. The van der Waals surface area contributed by atoms with E-state index in [0.717, 1.165) is 44.9 Å². The molecule has 510 valence electrons. The fourth-order valence-electron chi connectivity index (χ4n) is 12.7. The smallest absolute Gasteiger partial charge is 0.305 e. The van der Waals surface area contributed by atoms with Gasteiger partial charge >= 0.3 is 5.97 Å². The van der Waals surface area contributed by atoms with Gasteiger partial charge in [-0.05, 0) is 77.0 Å². The molecule has 2 unspecified atom stereocenters. The van der Waals surface area contributed by atoms with E-state index < -0.39 is 12.1 Å². The first-order valence-corrected chi connectivity index (χ1v) is 39.6. The van der Waals surface area contributed by atoms with Gasteiger partial charge in [0.2, 0.25) is 5.91 Å². The number of unbranched alkanes of at least 4 members (excludes halogenated alkanes) is 60. The van der Waals surface area contributed by atoms with Gasteiger partial charge < -0.3 is 20.3 Å². The monoisotopic (exact) mass is 1210 g/mol. The van der Waals surface area contributed by atoms with Crippen LogP contribution in [0.1, 0.15) is 450 Å². The zero-order chi connectivity index (χ0) is 62.0. The van der Waals surface area contributed by atoms with Gasteiger partial charge in [-0.3, -0.25) is 9.59 Å². The SMILES string of the molecule is CCCCC/C=C\CCCCCCCC(=O)OCCCCCCCCCCCCCC/C=C\CCCCCCCCCCCCCCCCCCC(=O)NC(CO)C(O)CCCCCCCCCCCCCCCCCCCCCCCCCCC. The van der Waals surface area contributed by atoms with Crippen molar-refractivity contribution in [3.05, 3.63) is 24.3 Å². The van der Waals surface area contributed by atoms with Gasteiger partial charge in [0.1, 0.15) is 0 Å². The summed E-state index contributed by atoms with van der Waals surface area (Å²) in [5.41, 5.74) is 0. The van der Waals surface area contributed by atoms with Crippen LogP contribution in [0.3, 0.4) is 0 Å². The second-order valence-corrected chi connectivity index (χ2v) is 27.4. The largest absolute Gasteiger partial charge is 0.466 e. The molecule has 0 aromatic carbocycles. The van der Waals surface area contributed by atoms with Crippen LogP contribution < -0.4 is 5.32 Å². The minimum absolute atomic E-state index is 0.00897. The highest BCUT2D eigenvalue weighted by atomic mass is 16.5.